The summed E-state index contributed by atoms with van der Waals surface area (Å²) in [6.45, 7) is 13.9. The van der Waals surface area contributed by atoms with Gasteiger partial charge in [-0.2, -0.15) is 0 Å². The zero-order valence-electron chi connectivity index (χ0n) is 9.12. The van der Waals surface area contributed by atoms with Gasteiger partial charge in [-0.25, -0.2) is 0 Å². The third-order valence-electron chi connectivity index (χ3n) is 1.24. The maximum absolute atomic E-state index is 5.61. The third kappa shape index (κ3) is 6.65. The molecule has 0 unspecified atom stereocenters. The second-order valence-corrected chi connectivity index (χ2v) is 12.8. The van der Waals surface area contributed by atoms with Crippen LogP contribution >= 0.6 is 0 Å². The van der Waals surface area contributed by atoms with Crippen molar-refractivity contribution in [2.24, 2.45) is 0 Å². The third-order valence-corrected chi connectivity index (χ3v) is 4.11. The van der Waals surface area contributed by atoms with Gasteiger partial charge in [-0.3, -0.25) is 0 Å². The molecule has 0 aromatic rings. The lowest BCUT2D eigenvalue weighted by Gasteiger charge is -2.15. The van der Waals surface area contributed by atoms with Crippen LogP contribution in [0.2, 0.25) is 32.7 Å². The van der Waals surface area contributed by atoms with Crippen LogP contribution < -0.4 is 0 Å². The molecule has 0 N–H and O–H groups in total. The summed E-state index contributed by atoms with van der Waals surface area (Å²) in [6.07, 6.45) is 0. The van der Waals surface area contributed by atoms with Gasteiger partial charge in [0.2, 0.25) is 0 Å². The van der Waals surface area contributed by atoms with Gasteiger partial charge in [-0.1, -0.05) is 19.6 Å². The Hall–Kier alpha value is -0.0462. The highest BCUT2D eigenvalue weighted by Crippen LogP contribution is 2.04. The van der Waals surface area contributed by atoms with Gasteiger partial charge >= 0.3 is 0 Å². The van der Waals surface area contributed by atoms with Crippen LogP contribution in [-0.2, 0) is 4.43 Å². The average Bonchev–Trinajstić information content (AvgIpc) is 1.83. The zero-order chi connectivity index (χ0) is 9.83. The predicted octanol–water partition coefficient (Wildman–Crippen LogP) is 2.65. The Morgan fingerprint density at radius 2 is 1.50 bits per heavy atom. The Bertz CT molecular complexity index is 193. The van der Waals surface area contributed by atoms with Gasteiger partial charge in [0.05, 0.1) is 0 Å². The van der Waals surface area contributed by atoms with Crippen molar-refractivity contribution >= 4 is 16.4 Å². The van der Waals surface area contributed by atoms with Crippen LogP contribution in [0.25, 0.3) is 0 Å². The summed E-state index contributed by atoms with van der Waals surface area (Å²) < 4.78 is 5.61. The number of hydrogen-bond acceptors (Lipinski definition) is 1. The molecule has 0 saturated heterocycles. The van der Waals surface area contributed by atoms with Gasteiger partial charge < -0.3 is 4.43 Å². The van der Waals surface area contributed by atoms with Crippen molar-refractivity contribution in [1.29, 1.82) is 0 Å². The van der Waals surface area contributed by atoms with Crippen LogP contribution in [0.15, 0.2) is 0 Å². The van der Waals surface area contributed by atoms with Crippen molar-refractivity contribution in [2.45, 2.75) is 39.7 Å². The maximum Gasteiger partial charge on any atom is 0.265 e. The van der Waals surface area contributed by atoms with E-state index in [0.29, 0.717) is 0 Å². The molecule has 0 saturated carbocycles. The molecule has 0 rings (SSSR count). The Morgan fingerprint density at radius 3 is 1.83 bits per heavy atom. The number of rotatable bonds is 2. The molecule has 0 aromatic heterocycles. The van der Waals surface area contributed by atoms with Crippen molar-refractivity contribution in [2.75, 3.05) is 6.61 Å². The van der Waals surface area contributed by atoms with E-state index < -0.39 is 16.4 Å². The van der Waals surface area contributed by atoms with Gasteiger partial charge in [-0.15, -0.1) is 11.1 Å². The van der Waals surface area contributed by atoms with Gasteiger partial charge in [0.15, 0.2) is 0 Å². The van der Waals surface area contributed by atoms with E-state index in [-0.39, 0.29) is 0 Å². The summed E-state index contributed by atoms with van der Waals surface area (Å²) in [4.78, 5) is 0. The fraction of sp³-hybridized carbons (Fsp3) is 0.778. The largest absolute Gasteiger partial charge is 0.406 e. The van der Waals surface area contributed by atoms with Crippen molar-refractivity contribution in [3.05, 3.63) is 0 Å². The molecule has 0 fully saturated rings. The molecule has 0 heterocycles. The lowest BCUT2D eigenvalue weighted by atomic mass is 10.9. The molecule has 0 aliphatic heterocycles. The molecule has 0 atom stereocenters. The van der Waals surface area contributed by atoms with E-state index >= 15 is 0 Å². The molecule has 0 spiro atoms. The average molecular weight is 200 g/mol. The molecule has 0 aliphatic carbocycles. The summed E-state index contributed by atoms with van der Waals surface area (Å²) in [7, 11) is -2.84. The highest BCUT2D eigenvalue weighted by molar-refractivity contribution is 6.87. The molecule has 0 amide bonds. The Labute approximate surface area is 78.7 Å². The number of hydrogen-bond donors (Lipinski definition) is 0. The zero-order valence-corrected chi connectivity index (χ0v) is 11.1. The highest BCUT2D eigenvalue weighted by Gasteiger charge is 2.19. The van der Waals surface area contributed by atoms with Crippen molar-refractivity contribution < 1.29 is 4.43 Å². The fourth-order valence-electron chi connectivity index (χ4n) is 0.735. The van der Waals surface area contributed by atoms with Crippen LogP contribution in [0, 0.1) is 11.1 Å². The molecule has 0 bridgehead atoms. The van der Waals surface area contributed by atoms with Crippen molar-refractivity contribution in [3.63, 3.8) is 0 Å². The summed E-state index contributed by atoms with van der Waals surface area (Å²) in [5.74, 6) is 0. The van der Waals surface area contributed by atoms with Gasteiger partial charge in [0.1, 0.15) is 8.07 Å². The quantitative estimate of drug-likeness (QED) is 0.492. The molecule has 70 valence electrons. The van der Waals surface area contributed by atoms with Crippen molar-refractivity contribution in [3.8, 4) is 11.1 Å². The first-order valence-electron chi connectivity index (χ1n) is 4.45. The second kappa shape index (κ2) is 4.26. The summed E-state index contributed by atoms with van der Waals surface area (Å²) in [5, 5.41) is 0. The Balaban J connectivity index is 4.28. The molecular formula is C9H20OSi2. The Kier molecular flexibility index (Phi) is 4.25. The highest BCUT2D eigenvalue weighted by atomic mass is 28.4. The van der Waals surface area contributed by atoms with E-state index in [1.165, 1.54) is 0 Å². The minimum absolute atomic E-state index is 0.791. The van der Waals surface area contributed by atoms with Gasteiger partial charge in [0.25, 0.3) is 8.32 Å². The molecule has 1 nitrogen and oxygen atoms in total. The van der Waals surface area contributed by atoms with Crippen LogP contribution in [0.1, 0.15) is 6.92 Å². The maximum atomic E-state index is 5.61. The smallest absolute Gasteiger partial charge is 0.265 e. The minimum Gasteiger partial charge on any atom is -0.406 e. The topological polar surface area (TPSA) is 9.23 Å². The molecule has 0 aliphatic rings. The first-order chi connectivity index (χ1) is 5.27. The summed E-state index contributed by atoms with van der Waals surface area (Å²) in [6, 6.07) is 0. The Morgan fingerprint density at radius 1 is 1.00 bits per heavy atom. The van der Waals surface area contributed by atoms with E-state index in [4.69, 9.17) is 4.43 Å². The van der Waals surface area contributed by atoms with E-state index in [2.05, 4.69) is 43.8 Å². The predicted molar refractivity (Wildman–Crippen MR) is 60.2 cm³/mol. The molecule has 3 heteroatoms. The van der Waals surface area contributed by atoms with Crippen LogP contribution in [0.4, 0.5) is 0 Å². The fourth-order valence-corrected chi connectivity index (χ4v) is 4.23. The van der Waals surface area contributed by atoms with Crippen LogP contribution in [-0.4, -0.2) is 23.0 Å². The molecule has 12 heavy (non-hydrogen) atoms. The minimum atomic E-state index is -1.64. The lowest BCUT2D eigenvalue weighted by molar-refractivity contribution is 0.340. The first-order valence-corrected chi connectivity index (χ1v) is 10.9. The van der Waals surface area contributed by atoms with E-state index in [9.17, 15) is 0 Å². The molecule has 0 aromatic carbocycles. The van der Waals surface area contributed by atoms with Crippen LogP contribution in [0.5, 0.6) is 0 Å². The molecular weight excluding hydrogens is 180 g/mol. The van der Waals surface area contributed by atoms with Gasteiger partial charge in [-0.05, 0) is 20.0 Å². The standard InChI is InChI=1S/C9H20OSi2/c1-7-10-12(5,6)9-8-11(2,3)4/h7H2,1-6H3. The van der Waals surface area contributed by atoms with E-state index in [0.717, 1.165) is 6.61 Å². The van der Waals surface area contributed by atoms with E-state index in [1.54, 1.807) is 0 Å². The van der Waals surface area contributed by atoms with Gasteiger partial charge in [0, 0.05) is 6.61 Å². The summed E-state index contributed by atoms with van der Waals surface area (Å²) >= 11 is 0. The SMILES string of the molecule is CCO[Si](C)(C)C#C[Si](C)(C)C. The lowest BCUT2D eigenvalue weighted by Crippen LogP contribution is -2.30. The molecule has 0 radical (unpaired) electrons. The van der Waals surface area contributed by atoms with Crippen molar-refractivity contribution in [1.82, 2.24) is 0 Å². The summed E-state index contributed by atoms with van der Waals surface area (Å²) in [5.41, 5.74) is 6.70. The first kappa shape index (κ1) is 12.0. The normalized spacial score (nSPS) is 12.2. The second-order valence-electron chi connectivity index (χ2n) is 4.44. The monoisotopic (exact) mass is 200 g/mol. The van der Waals surface area contributed by atoms with Crippen LogP contribution in [0.3, 0.4) is 0 Å². The van der Waals surface area contributed by atoms with E-state index in [1.807, 2.05) is 6.92 Å².